The normalized spacial score (nSPS) is 10.9. The van der Waals surface area contributed by atoms with Crippen LogP contribution in [0.2, 0.25) is 5.02 Å². The van der Waals surface area contributed by atoms with Crippen molar-refractivity contribution in [3.63, 3.8) is 0 Å². The topological polar surface area (TPSA) is 110 Å². The van der Waals surface area contributed by atoms with E-state index < -0.39 is 23.9 Å². The maximum Gasteiger partial charge on any atom is 0.332 e. The molecule has 4 rings (SSSR count). The van der Waals surface area contributed by atoms with Gasteiger partial charge >= 0.3 is 11.7 Å². The van der Waals surface area contributed by atoms with Crippen LogP contribution in [-0.2, 0) is 6.61 Å². The van der Waals surface area contributed by atoms with Gasteiger partial charge in [-0.3, -0.25) is 4.98 Å². The van der Waals surface area contributed by atoms with E-state index in [1.807, 2.05) is 0 Å². The Balaban J connectivity index is 1.84. The number of nitrogens with zero attached hydrogens (tertiary/aromatic N) is 3. The number of hydrogen-bond donors (Lipinski definition) is 1. The molecule has 0 amide bonds. The van der Waals surface area contributed by atoms with E-state index in [1.54, 1.807) is 0 Å². The number of hydrogen-bond acceptors (Lipinski definition) is 8. The van der Waals surface area contributed by atoms with Gasteiger partial charge in [-0.05, 0) is 12.1 Å². The molecule has 2 heterocycles. The van der Waals surface area contributed by atoms with Gasteiger partial charge in [0.25, 0.3) is 0 Å². The highest BCUT2D eigenvalue weighted by atomic mass is 35.5. The second kappa shape index (κ2) is 9.66. The number of imidazole rings is 1. The summed E-state index contributed by atoms with van der Waals surface area (Å²) in [6.07, 6.45) is 0. The molecule has 35 heavy (non-hydrogen) atoms. The van der Waals surface area contributed by atoms with Crippen molar-refractivity contribution in [1.29, 1.82) is 0 Å². The molecule has 0 spiro atoms. The van der Waals surface area contributed by atoms with Gasteiger partial charge in [0.2, 0.25) is 5.88 Å². The lowest BCUT2D eigenvalue weighted by Crippen LogP contribution is -2.16. The van der Waals surface area contributed by atoms with Crippen LogP contribution >= 0.6 is 11.6 Å². The highest BCUT2D eigenvalue weighted by Gasteiger charge is 2.22. The number of rotatable bonds is 8. The number of aromatic amines is 1. The first-order valence-electron chi connectivity index (χ1n) is 9.95. The van der Waals surface area contributed by atoms with Crippen LogP contribution in [0.3, 0.4) is 0 Å². The fourth-order valence-corrected chi connectivity index (χ4v) is 3.66. The minimum atomic E-state index is -1.11. The maximum absolute atomic E-state index is 14.4. The van der Waals surface area contributed by atoms with Gasteiger partial charge in [0, 0.05) is 12.1 Å². The van der Waals surface area contributed by atoms with Crippen molar-refractivity contribution >= 4 is 22.8 Å². The average molecular weight is 509 g/mol. The Kier molecular flexibility index (Phi) is 6.65. The fraction of sp³-hybridized carbons (Fsp3) is 0.227. The Hall–Kier alpha value is -4.06. The van der Waals surface area contributed by atoms with Crippen molar-refractivity contribution in [1.82, 2.24) is 19.5 Å². The van der Waals surface area contributed by atoms with E-state index in [2.05, 4.69) is 15.0 Å². The number of methoxy groups -OCH3 is 4. The van der Waals surface area contributed by atoms with Gasteiger partial charge in [-0.25, -0.2) is 18.1 Å². The number of nitrogens with one attached hydrogen (secondary N) is 1. The molecule has 0 unspecified atom stereocenters. The van der Waals surface area contributed by atoms with Crippen molar-refractivity contribution in [3.8, 4) is 34.8 Å². The lowest BCUT2D eigenvalue weighted by atomic mass is 10.2. The van der Waals surface area contributed by atoms with E-state index in [0.29, 0.717) is 0 Å². The molecular formula is C22H19ClF2N4O6. The predicted octanol–water partition coefficient (Wildman–Crippen LogP) is 3.65. The molecule has 4 aromatic rings. The van der Waals surface area contributed by atoms with Crippen LogP contribution in [-0.4, -0.2) is 48.0 Å². The molecule has 0 fully saturated rings. The summed E-state index contributed by atoms with van der Waals surface area (Å²) in [6.45, 7) is -0.406. The zero-order valence-electron chi connectivity index (χ0n) is 18.9. The summed E-state index contributed by atoms with van der Waals surface area (Å²) in [5.74, 6) is -1.71. The van der Waals surface area contributed by atoms with Crippen LogP contribution in [0.15, 0.2) is 29.1 Å². The highest BCUT2D eigenvalue weighted by molar-refractivity contribution is 6.32. The van der Waals surface area contributed by atoms with Crippen molar-refractivity contribution in [3.05, 3.63) is 57.0 Å². The molecule has 2 aromatic carbocycles. The molecule has 1 N–H and O–H groups in total. The average Bonchev–Trinajstić information content (AvgIpc) is 3.19. The highest BCUT2D eigenvalue weighted by Crippen LogP contribution is 2.37. The monoisotopic (exact) mass is 508 g/mol. The first kappa shape index (κ1) is 24.1. The smallest absolute Gasteiger partial charge is 0.332 e. The fourth-order valence-electron chi connectivity index (χ4n) is 3.42. The second-order valence-corrected chi connectivity index (χ2v) is 7.38. The molecule has 0 aliphatic heterocycles. The van der Waals surface area contributed by atoms with Gasteiger partial charge in [0.1, 0.15) is 17.9 Å². The van der Waals surface area contributed by atoms with Crippen LogP contribution in [0.5, 0.6) is 29.1 Å². The molecule has 0 saturated heterocycles. The number of H-pyrrole nitrogens is 1. The minimum absolute atomic E-state index is 0.0446. The number of halogens is 3. The predicted molar refractivity (Wildman–Crippen MR) is 121 cm³/mol. The van der Waals surface area contributed by atoms with Crippen LogP contribution < -0.4 is 29.4 Å². The SMILES string of the molecule is COc1nc(OC)c2[nH]c(=O)n(-c3cc(OCc4c(OC)ccc(F)c4F)c(OC)cc3Cl)c2n1. The lowest BCUT2D eigenvalue weighted by molar-refractivity contribution is 0.270. The first-order chi connectivity index (χ1) is 16.8. The number of aromatic nitrogens is 4. The zero-order chi connectivity index (χ0) is 25.3. The van der Waals surface area contributed by atoms with E-state index in [9.17, 15) is 13.6 Å². The van der Waals surface area contributed by atoms with E-state index >= 15 is 0 Å². The molecule has 0 saturated carbocycles. The minimum Gasteiger partial charge on any atom is -0.496 e. The third-order valence-electron chi connectivity index (χ3n) is 5.08. The van der Waals surface area contributed by atoms with Crippen molar-refractivity contribution in [2.24, 2.45) is 0 Å². The molecule has 0 bridgehead atoms. The Bertz CT molecular complexity index is 1470. The Morgan fingerprint density at radius 1 is 0.971 bits per heavy atom. The summed E-state index contributed by atoms with van der Waals surface area (Å²) in [5.41, 5.74) is -0.253. The van der Waals surface area contributed by atoms with Crippen LogP contribution in [0.4, 0.5) is 8.78 Å². The number of ether oxygens (including phenoxy) is 5. The molecule has 10 nitrogen and oxygen atoms in total. The van der Waals surface area contributed by atoms with Crippen LogP contribution in [0, 0.1) is 11.6 Å². The second-order valence-electron chi connectivity index (χ2n) is 6.97. The van der Waals surface area contributed by atoms with Gasteiger partial charge in [0.15, 0.2) is 28.8 Å². The summed E-state index contributed by atoms with van der Waals surface area (Å²) in [7, 11) is 5.44. The number of benzene rings is 2. The molecule has 0 radical (unpaired) electrons. The van der Waals surface area contributed by atoms with Gasteiger partial charge in [-0.15, -0.1) is 0 Å². The Morgan fingerprint density at radius 3 is 2.37 bits per heavy atom. The van der Waals surface area contributed by atoms with Crippen molar-refractivity contribution < 1.29 is 32.5 Å². The zero-order valence-corrected chi connectivity index (χ0v) is 19.7. The molecule has 2 aromatic heterocycles. The van der Waals surface area contributed by atoms with Crippen LogP contribution in [0.1, 0.15) is 5.56 Å². The van der Waals surface area contributed by atoms with Crippen LogP contribution in [0.25, 0.3) is 16.9 Å². The quantitative estimate of drug-likeness (QED) is 0.384. The standard InChI is InChI=1S/C22H19ClF2N4O6/c1-31-14-6-5-12(24)17(25)10(14)9-35-16-8-13(11(23)7-15(16)32-2)29-19-18(26-22(29)30)20(33-3)28-21(27-19)34-4/h5-8H,9H2,1-4H3,(H,26,30). The van der Waals surface area contributed by atoms with Crippen molar-refractivity contribution in [2.45, 2.75) is 6.61 Å². The molecule has 13 heteroatoms. The molecule has 184 valence electrons. The third-order valence-corrected chi connectivity index (χ3v) is 5.38. The summed E-state index contributed by atoms with van der Waals surface area (Å²) < 4.78 is 55.8. The van der Waals surface area contributed by atoms with E-state index in [-0.39, 0.29) is 56.6 Å². The molecule has 0 aliphatic rings. The first-order valence-corrected chi connectivity index (χ1v) is 10.3. The van der Waals surface area contributed by atoms with Gasteiger partial charge in [-0.2, -0.15) is 9.97 Å². The summed E-state index contributed by atoms with van der Waals surface area (Å²) in [5, 5.41) is 0.114. The summed E-state index contributed by atoms with van der Waals surface area (Å²) in [4.78, 5) is 23.8. The Morgan fingerprint density at radius 2 is 1.71 bits per heavy atom. The molecular weight excluding hydrogens is 490 g/mol. The number of fused-ring (bicyclic) bond motifs is 1. The lowest BCUT2D eigenvalue weighted by Gasteiger charge is -2.16. The van der Waals surface area contributed by atoms with Gasteiger partial charge < -0.3 is 23.7 Å². The third kappa shape index (κ3) is 4.28. The van der Waals surface area contributed by atoms with Gasteiger partial charge in [-0.1, -0.05) is 11.6 Å². The largest absolute Gasteiger partial charge is 0.496 e. The maximum atomic E-state index is 14.4. The van der Waals surface area contributed by atoms with E-state index in [0.717, 1.165) is 6.07 Å². The van der Waals surface area contributed by atoms with Crippen molar-refractivity contribution in [2.75, 3.05) is 28.4 Å². The summed E-state index contributed by atoms with van der Waals surface area (Å²) >= 11 is 6.46. The molecule has 0 atom stereocenters. The van der Waals surface area contributed by atoms with Gasteiger partial charge in [0.05, 0.1) is 44.7 Å². The van der Waals surface area contributed by atoms with E-state index in [1.165, 1.54) is 51.2 Å². The van der Waals surface area contributed by atoms with E-state index in [4.69, 9.17) is 35.3 Å². The summed E-state index contributed by atoms with van der Waals surface area (Å²) in [6, 6.07) is 5.00. The Labute approximate surface area is 201 Å². The molecule has 0 aliphatic carbocycles.